The summed E-state index contributed by atoms with van der Waals surface area (Å²) in [5.74, 6) is -0.167. The average molecular weight is 351 g/mol. The lowest BCUT2D eigenvalue weighted by atomic mass is 9.89. The number of ether oxygens (including phenoxy) is 1. The van der Waals surface area contributed by atoms with Crippen molar-refractivity contribution in [2.75, 3.05) is 11.5 Å². The molecular formula is C22H25NO3. The fraction of sp³-hybridized carbons (Fsp3) is 0.364. The predicted octanol–water partition coefficient (Wildman–Crippen LogP) is 4.07. The Hall–Kier alpha value is -2.62. The maximum atomic E-state index is 13.0. The maximum Gasteiger partial charge on any atom is 0.238 e. The first kappa shape index (κ1) is 18.2. The van der Waals surface area contributed by atoms with Crippen molar-refractivity contribution < 1.29 is 14.3 Å². The molecule has 0 spiro atoms. The minimum Gasteiger partial charge on any atom is -0.494 e. The summed E-state index contributed by atoms with van der Waals surface area (Å²) in [5, 5.41) is 0. The third-order valence-corrected chi connectivity index (χ3v) is 4.89. The van der Waals surface area contributed by atoms with Gasteiger partial charge in [-0.15, -0.1) is 0 Å². The highest BCUT2D eigenvalue weighted by Gasteiger charge is 2.45. The van der Waals surface area contributed by atoms with Crippen LogP contribution in [0.1, 0.15) is 30.5 Å². The largest absolute Gasteiger partial charge is 0.494 e. The van der Waals surface area contributed by atoms with Gasteiger partial charge in [-0.05, 0) is 57.0 Å². The molecule has 2 aromatic rings. The van der Waals surface area contributed by atoms with Gasteiger partial charge in [0, 0.05) is 5.92 Å². The average Bonchev–Trinajstić information content (AvgIpc) is 2.79. The summed E-state index contributed by atoms with van der Waals surface area (Å²) < 4.78 is 5.43. The molecule has 0 saturated carbocycles. The number of hydrogen-bond acceptors (Lipinski definition) is 3. The first-order valence-corrected chi connectivity index (χ1v) is 9.08. The van der Waals surface area contributed by atoms with Gasteiger partial charge in [0.25, 0.3) is 0 Å². The van der Waals surface area contributed by atoms with E-state index < -0.39 is 0 Å². The van der Waals surface area contributed by atoms with Crippen LogP contribution in [0, 0.1) is 25.7 Å². The van der Waals surface area contributed by atoms with Crippen molar-refractivity contribution in [3.63, 3.8) is 0 Å². The van der Waals surface area contributed by atoms with Crippen LogP contribution in [0.5, 0.6) is 5.75 Å². The summed E-state index contributed by atoms with van der Waals surface area (Å²) in [4.78, 5) is 27.0. The standard InChI is InChI=1S/C22H25NO3/c1-5-26-19-8-6-18(7-9-19)23-21(24)16(4)20(22(23)25)13-17-11-14(2)10-15(3)12-17/h6-12,16,20H,5,13H2,1-4H3/t16-,20-/m1/s1. The molecule has 26 heavy (non-hydrogen) atoms. The maximum absolute atomic E-state index is 13.0. The molecule has 1 saturated heterocycles. The SMILES string of the molecule is CCOc1ccc(N2C(=O)[C@H](C)[C@@H](Cc3cc(C)cc(C)c3)C2=O)cc1. The van der Waals surface area contributed by atoms with Gasteiger partial charge in [0.05, 0.1) is 18.2 Å². The fourth-order valence-corrected chi connectivity index (χ4v) is 3.68. The van der Waals surface area contributed by atoms with Crippen LogP contribution in [0.15, 0.2) is 42.5 Å². The summed E-state index contributed by atoms with van der Waals surface area (Å²) >= 11 is 0. The first-order chi connectivity index (χ1) is 12.4. The van der Waals surface area contributed by atoms with E-state index >= 15 is 0 Å². The van der Waals surface area contributed by atoms with Gasteiger partial charge in [-0.3, -0.25) is 14.5 Å². The molecule has 1 aliphatic heterocycles. The lowest BCUT2D eigenvalue weighted by Gasteiger charge is -2.16. The van der Waals surface area contributed by atoms with Crippen LogP contribution < -0.4 is 9.64 Å². The number of benzene rings is 2. The second-order valence-corrected chi connectivity index (χ2v) is 7.03. The minimum atomic E-state index is -0.324. The summed E-state index contributed by atoms with van der Waals surface area (Å²) in [7, 11) is 0. The van der Waals surface area contributed by atoms with Crippen LogP contribution >= 0.6 is 0 Å². The number of nitrogens with zero attached hydrogens (tertiary/aromatic N) is 1. The lowest BCUT2D eigenvalue weighted by Crippen LogP contribution is -2.31. The van der Waals surface area contributed by atoms with E-state index in [-0.39, 0.29) is 23.7 Å². The lowest BCUT2D eigenvalue weighted by molar-refractivity contribution is -0.122. The van der Waals surface area contributed by atoms with E-state index in [0.717, 1.165) is 11.3 Å². The van der Waals surface area contributed by atoms with Crippen molar-refractivity contribution in [2.45, 2.75) is 34.1 Å². The zero-order valence-corrected chi connectivity index (χ0v) is 15.8. The molecule has 2 amide bonds. The van der Waals surface area contributed by atoms with Crippen molar-refractivity contribution in [3.05, 3.63) is 59.2 Å². The summed E-state index contributed by atoms with van der Waals surface area (Å²) in [6.07, 6.45) is 0.585. The van der Waals surface area contributed by atoms with Gasteiger partial charge in [-0.25, -0.2) is 0 Å². The predicted molar refractivity (Wildman–Crippen MR) is 102 cm³/mol. The monoisotopic (exact) mass is 351 g/mol. The van der Waals surface area contributed by atoms with Crippen molar-refractivity contribution in [1.29, 1.82) is 0 Å². The molecular weight excluding hydrogens is 326 g/mol. The molecule has 0 unspecified atom stereocenters. The van der Waals surface area contributed by atoms with Crippen molar-refractivity contribution in [3.8, 4) is 5.75 Å². The molecule has 136 valence electrons. The van der Waals surface area contributed by atoms with Gasteiger partial charge < -0.3 is 4.74 Å². The second kappa shape index (κ2) is 7.32. The van der Waals surface area contributed by atoms with Crippen LogP contribution in [0.3, 0.4) is 0 Å². The quantitative estimate of drug-likeness (QED) is 0.763. The molecule has 0 aromatic heterocycles. The van der Waals surface area contributed by atoms with Crippen molar-refractivity contribution in [1.82, 2.24) is 0 Å². The summed E-state index contributed by atoms with van der Waals surface area (Å²) in [6.45, 7) is 8.44. The van der Waals surface area contributed by atoms with Crippen molar-refractivity contribution >= 4 is 17.5 Å². The highest BCUT2D eigenvalue weighted by atomic mass is 16.5. The molecule has 0 bridgehead atoms. The molecule has 0 aliphatic carbocycles. The number of carbonyl (C=O) groups excluding carboxylic acids is 2. The van der Waals surface area contributed by atoms with Crippen LogP contribution in [-0.2, 0) is 16.0 Å². The Kier molecular flexibility index (Phi) is 5.12. The third-order valence-electron chi connectivity index (χ3n) is 4.89. The van der Waals surface area contributed by atoms with E-state index in [1.165, 1.54) is 16.0 Å². The van der Waals surface area contributed by atoms with E-state index in [9.17, 15) is 9.59 Å². The normalized spacial score (nSPS) is 19.9. The number of imide groups is 1. The summed E-state index contributed by atoms with van der Waals surface area (Å²) in [6, 6.07) is 13.4. The Bertz CT molecular complexity index is 806. The smallest absolute Gasteiger partial charge is 0.238 e. The first-order valence-electron chi connectivity index (χ1n) is 9.08. The Morgan fingerprint density at radius 2 is 1.58 bits per heavy atom. The number of anilines is 1. The Balaban J connectivity index is 1.84. The molecule has 0 N–H and O–H groups in total. The van der Waals surface area contributed by atoms with Gasteiger partial charge in [0.2, 0.25) is 11.8 Å². The van der Waals surface area contributed by atoms with Gasteiger partial charge >= 0.3 is 0 Å². The van der Waals surface area contributed by atoms with Gasteiger partial charge in [0.15, 0.2) is 0 Å². The fourth-order valence-electron chi connectivity index (χ4n) is 3.68. The van der Waals surface area contributed by atoms with E-state index in [1.54, 1.807) is 24.3 Å². The molecule has 1 heterocycles. The van der Waals surface area contributed by atoms with Crippen LogP contribution in [0.25, 0.3) is 0 Å². The molecule has 3 rings (SSSR count). The zero-order chi connectivity index (χ0) is 18.8. The highest BCUT2D eigenvalue weighted by molar-refractivity contribution is 6.22. The van der Waals surface area contributed by atoms with Crippen molar-refractivity contribution in [2.24, 2.45) is 11.8 Å². The highest BCUT2D eigenvalue weighted by Crippen LogP contribution is 2.34. The molecule has 2 aromatic carbocycles. The molecule has 4 nitrogen and oxygen atoms in total. The van der Waals surface area contributed by atoms with Crippen LogP contribution in [0.2, 0.25) is 0 Å². The number of amides is 2. The van der Waals surface area contributed by atoms with E-state index in [1.807, 2.05) is 27.7 Å². The third kappa shape index (κ3) is 3.50. The number of rotatable bonds is 5. The van der Waals surface area contributed by atoms with Gasteiger partial charge in [0.1, 0.15) is 5.75 Å². The molecule has 4 heteroatoms. The van der Waals surface area contributed by atoms with Crippen LogP contribution in [0.4, 0.5) is 5.69 Å². The van der Waals surface area contributed by atoms with E-state index in [0.29, 0.717) is 18.7 Å². The van der Waals surface area contributed by atoms with Gasteiger partial charge in [-0.2, -0.15) is 0 Å². The Morgan fingerprint density at radius 1 is 0.962 bits per heavy atom. The second-order valence-electron chi connectivity index (χ2n) is 7.03. The Labute approximate surface area is 154 Å². The van der Waals surface area contributed by atoms with E-state index in [4.69, 9.17) is 4.74 Å². The Morgan fingerprint density at radius 3 is 2.15 bits per heavy atom. The molecule has 1 fully saturated rings. The van der Waals surface area contributed by atoms with E-state index in [2.05, 4.69) is 18.2 Å². The van der Waals surface area contributed by atoms with Gasteiger partial charge in [-0.1, -0.05) is 36.2 Å². The molecule has 2 atom stereocenters. The molecule has 1 aliphatic rings. The minimum absolute atomic E-state index is 0.120. The topological polar surface area (TPSA) is 46.6 Å². The zero-order valence-electron chi connectivity index (χ0n) is 15.8. The number of aryl methyl sites for hydroxylation is 2. The summed E-state index contributed by atoms with van der Waals surface area (Å²) in [5.41, 5.74) is 4.06. The van der Waals surface area contributed by atoms with Crippen LogP contribution in [-0.4, -0.2) is 18.4 Å². The number of carbonyl (C=O) groups is 2. The number of hydrogen-bond donors (Lipinski definition) is 0. The molecule has 0 radical (unpaired) electrons.